The molecule has 0 bridgehead atoms. The van der Waals surface area contributed by atoms with Gasteiger partial charge in [0, 0.05) is 12.6 Å². The molecule has 1 aliphatic heterocycles. The first-order valence-electron chi connectivity index (χ1n) is 7.13. The minimum absolute atomic E-state index is 0.0461. The normalized spacial score (nSPS) is 18.4. The smallest absolute Gasteiger partial charge is 0.258 e. The number of carbonyl (C=O) groups excluding carboxylic acids is 1. The minimum Gasteiger partial charge on any atom is -0.494 e. The summed E-state index contributed by atoms with van der Waals surface area (Å²) in [4.78, 5) is 11.8. The molecule has 0 saturated carbocycles. The van der Waals surface area contributed by atoms with Gasteiger partial charge < -0.3 is 20.1 Å². The summed E-state index contributed by atoms with van der Waals surface area (Å²) in [5.41, 5.74) is 0. The molecule has 1 aromatic carbocycles. The van der Waals surface area contributed by atoms with Gasteiger partial charge in [-0.05, 0) is 50.6 Å². The van der Waals surface area contributed by atoms with Crippen LogP contribution in [0.5, 0.6) is 11.5 Å². The van der Waals surface area contributed by atoms with E-state index in [1.54, 1.807) is 12.1 Å². The average molecular weight is 278 g/mol. The number of carbonyl (C=O) groups is 1. The molecule has 0 spiro atoms. The molecule has 1 aromatic rings. The van der Waals surface area contributed by atoms with Crippen molar-refractivity contribution in [3.05, 3.63) is 24.3 Å². The third kappa shape index (κ3) is 4.74. The molecule has 0 unspecified atom stereocenters. The number of nitrogens with one attached hydrogen (secondary N) is 2. The highest BCUT2D eigenvalue weighted by atomic mass is 16.5. The summed E-state index contributed by atoms with van der Waals surface area (Å²) in [6.45, 7) is 4.50. The van der Waals surface area contributed by atoms with Gasteiger partial charge >= 0.3 is 0 Å². The van der Waals surface area contributed by atoms with E-state index >= 15 is 0 Å². The lowest BCUT2D eigenvalue weighted by Crippen LogP contribution is -2.46. The van der Waals surface area contributed by atoms with E-state index in [2.05, 4.69) is 10.6 Å². The molecule has 2 N–H and O–H groups in total. The first-order valence-corrected chi connectivity index (χ1v) is 7.13. The van der Waals surface area contributed by atoms with Crippen LogP contribution in [0.2, 0.25) is 0 Å². The molecular formula is C15H22N2O3. The standard InChI is InChI=1S/C15H22N2O3/c1-2-19-13-5-7-14(8-6-13)20-11-15(18)17-12-4-3-9-16-10-12/h5-8,12,16H,2-4,9-11H2,1H3,(H,17,18)/t12-/m0/s1. The Balaban J connectivity index is 1.72. The molecule has 1 heterocycles. The van der Waals surface area contributed by atoms with Crippen molar-refractivity contribution in [3.8, 4) is 11.5 Å². The van der Waals surface area contributed by atoms with Crippen LogP contribution in [0.3, 0.4) is 0 Å². The van der Waals surface area contributed by atoms with Crippen molar-refractivity contribution < 1.29 is 14.3 Å². The van der Waals surface area contributed by atoms with Gasteiger partial charge in [-0.3, -0.25) is 4.79 Å². The highest BCUT2D eigenvalue weighted by molar-refractivity contribution is 5.77. The Labute approximate surface area is 119 Å². The highest BCUT2D eigenvalue weighted by Crippen LogP contribution is 2.17. The van der Waals surface area contributed by atoms with Crippen molar-refractivity contribution in [1.29, 1.82) is 0 Å². The second-order valence-corrected chi connectivity index (χ2v) is 4.80. The van der Waals surface area contributed by atoms with E-state index in [0.29, 0.717) is 12.4 Å². The molecule has 110 valence electrons. The fourth-order valence-electron chi connectivity index (χ4n) is 2.19. The molecule has 5 nitrogen and oxygen atoms in total. The third-order valence-electron chi connectivity index (χ3n) is 3.17. The van der Waals surface area contributed by atoms with Crippen LogP contribution in [0.25, 0.3) is 0 Å². The van der Waals surface area contributed by atoms with Gasteiger partial charge in [0.25, 0.3) is 5.91 Å². The van der Waals surface area contributed by atoms with E-state index in [0.717, 1.165) is 31.7 Å². The van der Waals surface area contributed by atoms with E-state index in [9.17, 15) is 4.79 Å². The predicted octanol–water partition coefficient (Wildman–Crippen LogP) is 1.33. The monoisotopic (exact) mass is 278 g/mol. The third-order valence-corrected chi connectivity index (χ3v) is 3.17. The van der Waals surface area contributed by atoms with Gasteiger partial charge in [-0.1, -0.05) is 0 Å². The largest absolute Gasteiger partial charge is 0.494 e. The van der Waals surface area contributed by atoms with Crippen LogP contribution in [0.4, 0.5) is 0 Å². The quantitative estimate of drug-likeness (QED) is 0.824. The van der Waals surface area contributed by atoms with E-state index < -0.39 is 0 Å². The van der Waals surface area contributed by atoms with E-state index in [-0.39, 0.29) is 18.6 Å². The zero-order chi connectivity index (χ0) is 14.2. The molecule has 1 amide bonds. The Bertz CT molecular complexity index is 414. The van der Waals surface area contributed by atoms with Crippen LogP contribution in [0.1, 0.15) is 19.8 Å². The maximum absolute atomic E-state index is 11.8. The van der Waals surface area contributed by atoms with Gasteiger partial charge in [-0.2, -0.15) is 0 Å². The summed E-state index contributed by atoms with van der Waals surface area (Å²) in [6.07, 6.45) is 2.13. The SMILES string of the molecule is CCOc1ccc(OCC(=O)N[C@H]2CCCNC2)cc1. The van der Waals surface area contributed by atoms with Crippen LogP contribution in [-0.2, 0) is 4.79 Å². The maximum Gasteiger partial charge on any atom is 0.258 e. The predicted molar refractivity (Wildman–Crippen MR) is 77.1 cm³/mol. The number of ether oxygens (including phenoxy) is 2. The topological polar surface area (TPSA) is 59.6 Å². The number of hydrogen-bond donors (Lipinski definition) is 2. The van der Waals surface area contributed by atoms with Crippen LogP contribution in [-0.4, -0.2) is 38.3 Å². The molecule has 1 aliphatic rings. The minimum atomic E-state index is -0.0763. The number of piperidine rings is 1. The van der Waals surface area contributed by atoms with Crippen LogP contribution >= 0.6 is 0 Å². The summed E-state index contributed by atoms with van der Waals surface area (Å²) in [5.74, 6) is 1.40. The summed E-state index contributed by atoms with van der Waals surface area (Å²) < 4.78 is 10.8. The van der Waals surface area contributed by atoms with E-state index in [1.807, 2.05) is 19.1 Å². The lowest BCUT2D eigenvalue weighted by molar-refractivity contribution is -0.123. The second-order valence-electron chi connectivity index (χ2n) is 4.80. The van der Waals surface area contributed by atoms with Crippen molar-refractivity contribution in [2.45, 2.75) is 25.8 Å². The van der Waals surface area contributed by atoms with E-state index in [4.69, 9.17) is 9.47 Å². The molecule has 1 fully saturated rings. The van der Waals surface area contributed by atoms with Crippen LogP contribution in [0, 0.1) is 0 Å². The summed E-state index contributed by atoms with van der Waals surface area (Å²) in [5, 5.41) is 6.23. The molecule has 0 aromatic heterocycles. The zero-order valence-corrected chi connectivity index (χ0v) is 11.9. The number of rotatable bonds is 6. The van der Waals surface area contributed by atoms with Crippen molar-refractivity contribution >= 4 is 5.91 Å². The van der Waals surface area contributed by atoms with Gasteiger partial charge in [0.2, 0.25) is 0 Å². The highest BCUT2D eigenvalue weighted by Gasteiger charge is 2.15. The maximum atomic E-state index is 11.8. The first-order chi connectivity index (χ1) is 9.78. The Hall–Kier alpha value is -1.75. The van der Waals surface area contributed by atoms with Gasteiger partial charge in [-0.25, -0.2) is 0 Å². The molecule has 1 saturated heterocycles. The second kappa shape index (κ2) is 7.75. The van der Waals surface area contributed by atoms with Crippen molar-refractivity contribution in [3.63, 3.8) is 0 Å². The summed E-state index contributed by atoms with van der Waals surface area (Å²) in [7, 11) is 0. The van der Waals surface area contributed by atoms with Crippen molar-refractivity contribution in [2.75, 3.05) is 26.3 Å². The summed E-state index contributed by atoms with van der Waals surface area (Å²) >= 11 is 0. The van der Waals surface area contributed by atoms with E-state index in [1.165, 1.54) is 0 Å². The van der Waals surface area contributed by atoms with Crippen LogP contribution in [0.15, 0.2) is 24.3 Å². The van der Waals surface area contributed by atoms with Gasteiger partial charge in [0.15, 0.2) is 6.61 Å². The first kappa shape index (κ1) is 14.7. The van der Waals surface area contributed by atoms with Gasteiger partial charge in [-0.15, -0.1) is 0 Å². The number of amides is 1. The fourth-order valence-corrected chi connectivity index (χ4v) is 2.19. The lowest BCUT2D eigenvalue weighted by Gasteiger charge is -2.23. The molecule has 5 heteroatoms. The summed E-state index contributed by atoms with van der Waals surface area (Å²) in [6, 6.07) is 7.50. The van der Waals surface area contributed by atoms with Crippen molar-refractivity contribution in [1.82, 2.24) is 10.6 Å². The van der Waals surface area contributed by atoms with Gasteiger partial charge in [0.1, 0.15) is 11.5 Å². The number of hydrogen-bond acceptors (Lipinski definition) is 4. The fraction of sp³-hybridized carbons (Fsp3) is 0.533. The molecule has 0 radical (unpaired) electrons. The molecule has 1 atom stereocenters. The molecular weight excluding hydrogens is 256 g/mol. The van der Waals surface area contributed by atoms with Crippen LogP contribution < -0.4 is 20.1 Å². The molecule has 20 heavy (non-hydrogen) atoms. The Morgan fingerprint density at radius 1 is 1.30 bits per heavy atom. The average Bonchev–Trinajstić information content (AvgIpc) is 2.48. The molecule has 2 rings (SSSR count). The van der Waals surface area contributed by atoms with Crippen molar-refractivity contribution in [2.24, 2.45) is 0 Å². The Morgan fingerprint density at radius 2 is 2.00 bits per heavy atom. The lowest BCUT2D eigenvalue weighted by atomic mass is 10.1. The molecule has 0 aliphatic carbocycles. The zero-order valence-electron chi connectivity index (χ0n) is 11.9. The Kier molecular flexibility index (Phi) is 5.68. The number of benzene rings is 1. The Morgan fingerprint density at radius 3 is 2.60 bits per heavy atom. The van der Waals surface area contributed by atoms with Gasteiger partial charge in [0.05, 0.1) is 6.61 Å².